The number of halogens is 3. The summed E-state index contributed by atoms with van der Waals surface area (Å²) < 4.78 is 19.5. The second kappa shape index (κ2) is 10.3. The fourth-order valence-electron chi connectivity index (χ4n) is 2.82. The van der Waals surface area contributed by atoms with Crippen molar-refractivity contribution in [2.75, 3.05) is 33.3 Å². The number of piperazine rings is 1. The summed E-state index contributed by atoms with van der Waals surface area (Å²) in [5.41, 5.74) is 0.764. The van der Waals surface area contributed by atoms with Crippen LogP contribution in [0.1, 0.15) is 31.9 Å². The van der Waals surface area contributed by atoms with Crippen molar-refractivity contribution in [3.8, 4) is 5.75 Å². The number of nitrogens with one attached hydrogen (secondary N) is 1. The van der Waals surface area contributed by atoms with E-state index < -0.39 is 0 Å². The summed E-state index contributed by atoms with van der Waals surface area (Å²) in [5.74, 6) is 1.13. The quantitative estimate of drug-likeness (QED) is 0.874. The predicted molar refractivity (Wildman–Crippen MR) is 94.1 cm³/mol. The smallest absolute Gasteiger partial charge is 0.128 e. The first-order valence-electron chi connectivity index (χ1n) is 7.40. The molecular weight excluding hydrogens is 326 g/mol. The van der Waals surface area contributed by atoms with Crippen LogP contribution in [0.25, 0.3) is 0 Å². The maximum atomic E-state index is 14.3. The minimum absolute atomic E-state index is 0. The van der Waals surface area contributed by atoms with E-state index in [0.29, 0.717) is 5.92 Å². The third-order valence-corrected chi connectivity index (χ3v) is 3.85. The third kappa shape index (κ3) is 5.58. The number of ether oxygens (including phenoxy) is 1. The molecule has 0 spiro atoms. The topological polar surface area (TPSA) is 24.5 Å². The molecule has 22 heavy (non-hydrogen) atoms. The molecule has 1 aromatic rings. The molecule has 1 aliphatic rings. The van der Waals surface area contributed by atoms with E-state index in [4.69, 9.17) is 4.74 Å². The molecular formula is C16H27Cl2FN2O. The fourth-order valence-corrected chi connectivity index (χ4v) is 2.82. The maximum absolute atomic E-state index is 14.3. The average Bonchev–Trinajstić information content (AvgIpc) is 2.46. The standard InChI is InChI=1S/C16H25FN2O.2ClH/c1-12(2)10-16(19-8-6-18-7-9-19)14-11-13(20-3)4-5-15(14)17;;/h4-5,11-12,16,18H,6-10H2,1-3H3;2*1H/t16-;;/m1../s1. The van der Waals surface area contributed by atoms with Crippen LogP contribution in [-0.4, -0.2) is 38.2 Å². The minimum atomic E-state index is -0.130. The van der Waals surface area contributed by atoms with Gasteiger partial charge in [-0.2, -0.15) is 0 Å². The second-order valence-electron chi connectivity index (χ2n) is 5.82. The lowest BCUT2D eigenvalue weighted by Gasteiger charge is -2.36. The Hall–Kier alpha value is -0.550. The van der Waals surface area contributed by atoms with Gasteiger partial charge in [0.25, 0.3) is 0 Å². The predicted octanol–water partition coefficient (Wildman–Crippen LogP) is 3.67. The van der Waals surface area contributed by atoms with Gasteiger partial charge in [0.15, 0.2) is 0 Å². The Kier molecular flexibility index (Phi) is 10.0. The zero-order valence-electron chi connectivity index (χ0n) is 13.5. The molecule has 128 valence electrons. The molecule has 0 aliphatic carbocycles. The molecule has 3 nitrogen and oxygen atoms in total. The lowest BCUT2D eigenvalue weighted by Crippen LogP contribution is -2.45. The van der Waals surface area contributed by atoms with Crippen LogP contribution in [0.3, 0.4) is 0 Å². The summed E-state index contributed by atoms with van der Waals surface area (Å²) in [6, 6.07) is 5.18. The highest BCUT2D eigenvalue weighted by Gasteiger charge is 2.25. The van der Waals surface area contributed by atoms with Gasteiger partial charge in [0.2, 0.25) is 0 Å². The molecule has 2 rings (SSSR count). The highest BCUT2D eigenvalue weighted by Crippen LogP contribution is 2.32. The molecule has 0 aromatic heterocycles. The van der Waals surface area contributed by atoms with Crippen molar-refractivity contribution < 1.29 is 9.13 Å². The van der Waals surface area contributed by atoms with E-state index >= 15 is 0 Å². The average molecular weight is 353 g/mol. The van der Waals surface area contributed by atoms with Crippen LogP contribution in [0, 0.1) is 11.7 Å². The number of hydrogen-bond acceptors (Lipinski definition) is 3. The van der Waals surface area contributed by atoms with Crippen molar-refractivity contribution in [2.45, 2.75) is 26.3 Å². The molecule has 1 heterocycles. The zero-order chi connectivity index (χ0) is 14.5. The van der Waals surface area contributed by atoms with Gasteiger partial charge in [-0.15, -0.1) is 24.8 Å². The van der Waals surface area contributed by atoms with E-state index in [-0.39, 0.29) is 36.7 Å². The van der Waals surface area contributed by atoms with E-state index in [1.54, 1.807) is 13.2 Å². The van der Waals surface area contributed by atoms with Crippen molar-refractivity contribution in [3.63, 3.8) is 0 Å². The Morgan fingerprint density at radius 3 is 2.41 bits per heavy atom. The molecule has 0 bridgehead atoms. The Morgan fingerprint density at radius 2 is 1.86 bits per heavy atom. The molecule has 0 radical (unpaired) electrons. The number of hydrogen-bond donors (Lipinski definition) is 1. The van der Waals surface area contributed by atoms with Gasteiger partial charge in [-0.05, 0) is 30.5 Å². The van der Waals surface area contributed by atoms with Gasteiger partial charge in [-0.1, -0.05) is 13.8 Å². The molecule has 1 saturated heterocycles. The monoisotopic (exact) mass is 352 g/mol. The van der Waals surface area contributed by atoms with Crippen LogP contribution in [0.2, 0.25) is 0 Å². The number of benzene rings is 1. The van der Waals surface area contributed by atoms with E-state index in [1.165, 1.54) is 6.07 Å². The molecule has 1 N–H and O–H groups in total. The Bertz CT molecular complexity index is 440. The first-order valence-corrected chi connectivity index (χ1v) is 7.40. The van der Waals surface area contributed by atoms with Gasteiger partial charge < -0.3 is 10.1 Å². The van der Waals surface area contributed by atoms with Crippen LogP contribution in [0.15, 0.2) is 18.2 Å². The molecule has 0 saturated carbocycles. The molecule has 1 atom stereocenters. The highest BCUT2D eigenvalue weighted by atomic mass is 35.5. The van der Waals surface area contributed by atoms with E-state index in [1.807, 2.05) is 6.07 Å². The third-order valence-electron chi connectivity index (χ3n) is 3.85. The summed E-state index contributed by atoms with van der Waals surface area (Å²) in [7, 11) is 1.62. The van der Waals surface area contributed by atoms with E-state index in [9.17, 15) is 4.39 Å². The molecule has 0 unspecified atom stereocenters. The summed E-state index contributed by atoms with van der Waals surface area (Å²) in [6.07, 6.45) is 0.962. The van der Waals surface area contributed by atoms with E-state index in [0.717, 1.165) is 43.9 Å². The summed E-state index contributed by atoms with van der Waals surface area (Å²) in [5, 5.41) is 3.35. The number of nitrogens with zero attached hydrogens (tertiary/aromatic N) is 1. The van der Waals surface area contributed by atoms with Crippen molar-refractivity contribution in [1.82, 2.24) is 10.2 Å². The normalized spacial score (nSPS) is 16.6. The fraction of sp³-hybridized carbons (Fsp3) is 0.625. The van der Waals surface area contributed by atoms with Gasteiger partial charge in [-0.25, -0.2) is 4.39 Å². The molecule has 6 heteroatoms. The lowest BCUT2D eigenvalue weighted by molar-refractivity contribution is 0.151. The van der Waals surface area contributed by atoms with Crippen LogP contribution in [0.4, 0.5) is 4.39 Å². The zero-order valence-corrected chi connectivity index (χ0v) is 15.1. The van der Waals surface area contributed by atoms with Crippen LogP contribution in [-0.2, 0) is 0 Å². The maximum Gasteiger partial charge on any atom is 0.128 e. The Labute approximate surface area is 145 Å². The first kappa shape index (κ1) is 21.4. The minimum Gasteiger partial charge on any atom is -0.497 e. The second-order valence-corrected chi connectivity index (χ2v) is 5.82. The molecule has 0 amide bonds. The first-order chi connectivity index (χ1) is 9.61. The van der Waals surface area contributed by atoms with Crippen molar-refractivity contribution in [2.24, 2.45) is 5.92 Å². The Morgan fingerprint density at radius 1 is 1.23 bits per heavy atom. The van der Waals surface area contributed by atoms with Gasteiger partial charge in [0.05, 0.1) is 7.11 Å². The number of methoxy groups -OCH3 is 1. The lowest BCUT2D eigenvalue weighted by atomic mass is 9.94. The van der Waals surface area contributed by atoms with Crippen molar-refractivity contribution >= 4 is 24.8 Å². The van der Waals surface area contributed by atoms with Gasteiger partial charge in [-0.3, -0.25) is 4.90 Å². The molecule has 1 aromatic carbocycles. The number of rotatable bonds is 5. The molecule has 1 aliphatic heterocycles. The van der Waals surface area contributed by atoms with Crippen LogP contribution in [0.5, 0.6) is 5.75 Å². The van der Waals surface area contributed by atoms with Gasteiger partial charge in [0, 0.05) is 37.8 Å². The summed E-state index contributed by atoms with van der Waals surface area (Å²) in [6.45, 7) is 8.25. The van der Waals surface area contributed by atoms with Crippen LogP contribution >= 0.6 is 24.8 Å². The van der Waals surface area contributed by atoms with Gasteiger partial charge in [0.1, 0.15) is 11.6 Å². The largest absolute Gasteiger partial charge is 0.497 e. The SMILES string of the molecule is COc1ccc(F)c([C@@H](CC(C)C)N2CCNCC2)c1.Cl.Cl. The van der Waals surface area contributed by atoms with Crippen LogP contribution < -0.4 is 10.1 Å². The Balaban J connectivity index is 0.00000220. The molecule has 1 fully saturated rings. The van der Waals surface area contributed by atoms with Crippen molar-refractivity contribution in [3.05, 3.63) is 29.6 Å². The summed E-state index contributed by atoms with van der Waals surface area (Å²) >= 11 is 0. The van der Waals surface area contributed by atoms with E-state index in [2.05, 4.69) is 24.1 Å². The summed E-state index contributed by atoms with van der Waals surface area (Å²) in [4.78, 5) is 2.38. The van der Waals surface area contributed by atoms with Gasteiger partial charge >= 0.3 is 0 Å². The van der Waals surface area contributed by atoms with Crippen molar-refractivity contribution in [1.29, 1.82) is 0 Å². The highest BCUT2D eigenvalue weighted by molar-refractivity contribution is 5.85.